The van der Waals surface area contributed by atoms with Crippen molar-refractivity contribution < 1.29 is 19.0 Å². The summed E-state index contributed by atoms with van der Waals surface area (Å²) in [6.45, 7) is 7.64. The molecule has 0 bridgehead atoms. The van der Waals surface area contributed by atoms with E-state index in [4.69, 9.17) is 32.2 Å². The molecule has 0 N–H and O–H groups in total. The minimum atomic E-state index is -0.830. The van der Waals surface area contributed by atoms with Gasteiger partial charge in [-0.1, -0.05) is 29.2 Å². The largest absolute Gasteiger partial charge is 0.473 e. The number of aldehydes is 1. The SMILES string of the molecule is C#CC(C)(CCC=C(C)C)Oc1cc(OCOC)c(C=O)c(C)c1Cl. The maximum Gasteiger partial charge on any atom is 0.188 e. The number of rotatable bonds is 9. The van der Waals surface area contributed by atoms with E-state index in [0.29, 0.717) is 40.4 Å². The second kappa shape index (κ2) is 9.50. The lowest BCUT2D eigenvalue weighted by molar-refractivity contribution is 0.0500. The van der Waals surface area contributed by atoms with E-state index in [-0.39, 0.29) is 6.79 Å². The van der Waals surface area contributed by atoms with Crippen LogP contribution in [0.15, 0.2) is 17.7 Å². The van der Waals surface area contributed by atoms with Gasteiger partial charge < -0.3 is 14.2 Å². The van der Waals surface area contributed by atoms with Gasteiger partial charge in [-0.15, -0.1) is 6.42 Å². The first-order chi connectivity index (χ1) is 11.8. The van der Waals surface area contributed by atoms with Crippen molar-refractivity contribution in [3.8, 4) is 23.8 Å². The molecule has 0 saturated carbocycles. The fourth-order valence-corrected chi connectivity index (χ4v) is 2.44. The molecule has 0 heterocycles. The van der Waals surface area contributed by atoms with Gasteiger partial charge in [-0.2, -0.15) is 0 Å². The topological polar surface area (TPSA) is 44.8 Å². The molecule has 5 heteroatoms. The maximum absolute atomic E-state index is 11.4. The zero-order valence-electron chi connectivity index (χ0n) is 15.4. The van der Waals surface area contributed by atoms with Crippen molar-refractivity contribution in [2.75, 3.05) is 13.9 Å². The summed E-state index contributed by atoms with van der Waals surface area (Å²) in [7, 11) is 1.50. The summed E-state index contributed by atoms with van der Waals surface area (Å²) in [5.74, 6) is 3.42. The summed E-state index contributed by atoms with van der Waals surface area (Å²) in [6, 6.07) is 1.58. The smallest absolute Gasteiger partial charge is 0.188 e. The molecule has 0 amide bonds. The Balaban J connectivity index is 3.18. The van der Waals surface area contributed by atoms with Gasteiger partial charge in [-0.25, -0.2) is 0 Å². The normalized spacial score (nSPS) is 12.7. The van der Waals surface area contributed by atoms with E-state index in [9.17, 15) is 4.79 Å². The second-order valence-corrected chi connectivity index (χ2v) is 6.57. The van der Waals surface area contributed by atoms with Crippen molar-refractivity contribution in [2.45, 2.75) is 46.1 Å². The Hall–Kier alpha value is -1.96. The molecule has 1 unspecified atom stereocenters. The summed E-state index contributed by atoms with van der Waals surface area (Å²) in [4.78, 5) is 11.4. The molecule has 0 fully saturated rings. The average Bonchev–Trinajstić information content (AvgIpc) is 2.57. The third-order valence-corrected chi connectivity index (χ3v) is 4.21. The van der Waals surface area contributed by atoms with Crippen LogP contribution in [0.2, 0.25) is 5.02 Å². The fourth-order valence-electron chi connectivity index (χ4n) is 2.24. The molecule has 25 heavy (non-hydrogen) atoms. The highest BCUT2D eigenvalue weighted by Gasteiger charge is 2.26. The number of hydrogen-bond donors (Lipinski definition) is 0. The number of carbonyl (C=O) groups excluding carboxylic acids is 1. The maximum atomic E-state index is 11.4. The Kier molecular flexibility index (Phi) is 8.02. The monoisotopic (exact) mass is 364 g/mol. The minimum absolute atomic E-state index is 0.00826. The van der Waals surface area contributed by atoms with Crippen molar-refractivity contribution in [3.05, 3.63) is 33.9 Å². The number of allylic oxidation sites excluding steroid dienone is 2. The van der Waals surface area contributed by atoms with Crippen molar-refractivity contribution in [3.63, 3.8) is 0 Å². The van der Waals surface area contributed by atoms with Crippen LogP contribution in [0.1, 0.15) is 49.5 Å². The molecule has 0 aliphatic rings. The van der Waals surface area contributed by atoms with Gasteiger partial charge in [0.2, 0.25) is 0 Å². The first-order valence-corrected chi connectivity index (χ1v) is 8.36. The Morgan fingerprint density at radius 3 is 2.60 bits per heavy atom. The summed E-state index contributed by atoms with van der Waals surface area (Å²) in [6.07, 6.45) is 9.92. The van der Waals surface area contributed by atoms with E-state index >= 15 is 0 Å². The fraction of sp³-hybridized carbons (Fsp3) is 0.450. The van der Waals surface area contributed by atoms with Gasteiger partial charge in [0.05, 0.1) is 10.6 Å². The summed E-state index contributed by atoms with van der Waals surface area (Å²) in [5.41, 5.74) is 1.33. The van der Waals surface area contributed by atoms with Gasteiger partial charge in [-0.3, -0.25) is 4.79 Å². The lowest BCUT2D eigenvalue weighted by Crippen LogP contribution is -2.30. The van der Waals surface area contributed by atoms with E-state index in [1.807, 2.05) is 20.8 Å². The Morgan fingerprint density at radius 2 is 2.08 bits per heavy atom. The van der Waals surface area contributed by atoms with Gasteiger partial charge in [0.25, 0.3) is 0 Å². The third-order valence-electron chi connectivity index (χ3n) is 3.74. The molecule has 4 nitrogen and oxygen atoms in total. The predicted molar refractivity (Wildman–Crippen MR) is 101 cm³/mol. The van der Waals surface area contributed by atoms with Crippen LogP contribution in [0.4, 0.5) is 0 Å². The second-order valence-electron chi connectivity index (χ2n) is 6.19. The van der Waals surface area contributed by atoms with Gasteiger partial charge in [0.1, 0.15) is 11.5 Å². The summed E-state index contributed by atoms with van der Waals surface area (Å²) < 4.78 is 16.4. The zero-order chi connectivity index (χ0) is 19.0. The van der Waals surface area contributed by atoms with E-state index in [2.05, 4.69) is 12.0 Å². The lowest BCUT2D eigenvalue weighted by Gasteiger charge is -2.26. The van der Waals surface area contributed by atoms with Crippen LogP contribution in [0, 0.1) is 19.3 Å². The molecule has 0 radical (unpaired) electrons. The third kappa shape index (κ3) is 5.81. The van der Waals surface area contributed by atoms with E-state index in [1.54, 1.807) is 13.0 Å². The number of ether oxygens (including phenoxy) is 3. The van der Waals surface area contributed by atoms with Crippen molar-refractivity contribution in [2.24, 2.45) is 0 Å². The highest BCUT2D eigenvalue weighted by atomic mass is 35.5. The minimum Gasteiger partial charge on any atom is -0.473 e. The molecule has 0 aliphatic carbocycles. The van der Waals surface area contributed by atoms with E-state index < -0.39 is 5.60 Å². The van der Waals surface area contributed by atoms with Crippen LogP contribution in [0.5, 0.6) is 11.5 Å². The molecular formula is C20H25ClO4. The molecule has 0 spiro atoms. The Morgan fingerprint density at radius 1 is 1.40 bits per heavy atom. The highest BCUT2D eigenvalue weighted by Crippen LogP contribution is 2.38. The van der Waals surface area contributed by atoms with Crippen LogP contribution in [-0.2, 0) is 4.74 Å². The molecule has 0 aliphatic heterocycles. The number of methoxy groups -OCH3 is 1. The number of hydrogen-bond acceptors (Lipinski definition) is 4. The number of terminal acetylenes is 1. The quantitative estimate of drug-likeness (QED) is 0.269. The number of benzene rings is 1. The van der Waals surface area contributed by atoms with Crippen LogP contribution in [0.3, 0.4) is 0 Å². The summed E-state index contributed by atoms with van der Waals surface area (Å²) in [5, 5.41) is 0.343. The standard InChI is InChI=1S/C20H25ClO4/c1-7-20(5,10-8-9-14(2)3)25-18-11-17(24-13-23-6)16(12-22)15(4)19(18)21/h1,9,11-12H,8,10,13H2,2-6H3. The van der Waals surface area contributed by atoms with Gasteiger partial charge >= 0.3 is 0 Å². The van der Waals surface area contributed by atoms with E-state index in [1.165, 1.54) is 12.7 Å². The molecular weight excluding hydrogens is 340 g/mol. The first kappa shape index (κ1) is 21.1. The Bertz CT molecular complexity index is 684. The molecule has 136 valence electrons. The summed E-state index contributed by atoms with van der Waals surface area (Å²) >= 11 is 6.38. The van der Waals surface area contributed by atoms with E-state index in [0.717, 1.165) is 6.42 Å². The van der Waals surface area contributed by atoms with Crippen LogP contribution >= 0.6 is 11.6 Å². The average molecular weight is 365 g/mol. The molecule has 1 rings (SSSR count). The van der Waals surface area contributed by atoms with Gasteiger partial charge in [-0.05, 0) is 39.7 Å². The highest BCUT2D eigenvalue weighted by molar-refractivity contribution is 6.33. The van der Waals surface area contributed by atoms with Crippen molar-refractivity contribution in [1.82, 2.24) is 0 Å². The van der Waals surface area contributed by atoms with Crippen LogP contribution in [-0.4, -0.2) is 25.8 Å². The van der Waals surface area contributed by atoms with Crippen molar-refractivity contribution >= 4 is 17.9 Å². The molecule has 0 aromatic heterocycles. The van der Waals surface area contributed by atoms with Crippen LogP contribution < -0.4 is 9.47 Å². The zero-order valence-corrected chi connectivity index (χ0v) is 16.2. The molecule has 0 saturated heterocycles. The van der Waals surface area contributed by atoms with Crippen LogP contribution in [0.25, 0.3) is 0 Å². The van der Waals surface area contributed by atoms with Gasteiger partial charge in [0, 0.05) is 19.6 Å². The molecule has 1 aromatic carbocycles. The number of carbonyl (C=O) groups is 1. The Labute approximate surface area is 155 Å². The number of halogens is 1. The lowest BCUT2D eigenvalue weighted by atomic mass is 9.99. The van der Waals surface area contributed by atoms with Crippen molar-refractivity contribution in [1.29, 1.82) is 0 Å². The molecule has 1 aromatic rings. The first-order valence-electron chi connectivity index (χ1n) is 7.98. The predicted octanol–water partition coefficient (Wildman–Crippen LogP) is 4.96. The van der Waals surface area contributed by atoms with Gasteiger partial charge in [0.15, 0.2) is 18.7 Å². The molecule has 1 atom stereocenters.